The second kappa shape index (κ2) is 7.42. The fourth-order valence-corrected chi connectivity index (χ4v) is 2.71. The van der Waals surface area contributed by atoms with Gasteiger partial charge < -0.3 is 25.4 Å². The van der Waals surface area contributed by atoms with Crippen LogP contribution in [0.3, 0.4) is 0 Å². The fraction of sp³-hybridized carbons (Fsp3) is 0.471. The van der Waals surface area contributed by atoms with E-state index in [1.54, 1.807) is 23.1 Å². The molecule has 1 saturated heterocycles. The molecule has 0 radical (unpaired) electrons. The van der Waals surface area contributed by atoms with Crippen LogP contribution in [0.4, 0.5) is 5.69 Å². The number of likely N-dealkylation sites (tertiary alicyclic amines) is 1. The fourth-order valence-electron chi connectivity index (χ4n) is 2.71. The first-order chi connectivity index (χ1) is 11.7. The topological polar surface area (TPSA) is 111 Å². The minimum absolute atomic E-state index is 0.0388. The lowest BCUT2D eigenvalue weighted by molar-refractivity contribution is -0.129. The van der Waals surface area contributed by atoms with Crippen molar-refractivity contribution in [1.82, 2.24) is 4.90 Å². The molecule has 136 valence electrons. The van der Waals surface area contributed by atoms with Crippen molar-refractivity contribution < 1.29 is 23.9 Å². The third-order valence-corrected chi connectivity index (χ3v) is 4.26. The van der Waals surface area contributed by atoms with E-state index in [-0.39, 0.29) is 18.4 Å². The van der Waals surface area contributed by atoms with Crippen LogP contribution >= 0.6 is 0 Å². The van der Waals surface area contributed by atoms with E-state index < -0.39 is 11.3 Å². The van der Waals surface area contributed by atoms with Gasteiger partial charge in [-0.25, -0.2) is 0 Å². The number of nitrogens with one attached hydrogen (secondary N) is 1. The summed E-state index contributed by atoms with van der Waals surface area (Å²) in [5.41, 5.74) is 4.94. The predicted octanol–water partition coefficient (Wildman–Crippen LogP) is 0.756. The van der Waals surface area contributed by atoms with Gasteiger partial charge in [0.15, 0.2) is 18.1 Å². The summed E-state index contributed by atoms with van der Waals surface area (Å²) >= 11 is 0. The number of nitrogens with two attached hydrogens (primary N) is 1. The van der Waals surface area contributed by atoms with E-state index in [2.05, 4.69) is 5.32 Å². The van der Waals surface area contributed by atoms with E-state index in [9.17, 15) is 14.4 Å². The number of carbonyl (C=O) groups is 3. The van der Waals surface area contributed by atoms with Crippen LogP contribution in [0.5, 0.6) is 11.5 Å². The average molecular weight is 349 g/mol. The lowest BCUT2D eigenvalue weighted by Crippen LogP contribution is -2.37. The number of methoxy groups -OCH3 is 1. The Morgan fingerprint density at radius 2 is 2.04 bits per heavy atom. The van der Waals surface area contributed by atoms with Gasteiger partial charge in [-0.3, -0.25) is 14.4 Å². The molecule has 8 nitrogen and oxygen atoms in total. The number of hydrogen-bond donors (Lipinski definition) is 2. The van der Waals surface area contributed by atoms with Crippen molar-refractivity contribution in [2.24, 2.45) is 11.1 Å². The van der Waals surface area contributed by atoms with Gasteiger partial charge in [0.05, 0.1) is 12.5 Å². The van der Waals surface area contributed by atoms with Crippen LogP contribution in [0.2, 0.25) is 0 Å². The molecule has 0 aromatic heterocycles. The standard InChI is InChI=1S/C17H23N3O5/c1-11(21)20-7-6-17(2,10-20)16(23)19-12-4-5-13(24-3)14(8-12)25-9-15(18)22/h4-5,8H,6-7,9-10H2,1-3H3,(H2,18,22)(H,19,23). The van der Waals surface area contributed by atoms with Gasteiger partial charge in [0.2, 0.25) is 11.8 Å². The average Bonchev–Trinajstić information content (AvgIpc) is 2.97. The zero-order valence-corrected chi connectivity index (χ0v) is 14.6. The largest absolute Gasteiger partial charge is 0.493 e. The molecule has 1 heterocycles. The second-order valence-corrected chi connectivity index (χ2v) is 6.33. The Hall–Kier alpha value is -2.77. The zero-order chi connectivity index (χ0) is 18.6. The molecule has 1 aromatic carbocycles. The smallest absolute Gasteiger partial charge is 0.255 e. The van der Waals surface area contributed by atoms with Gasteiger partial charge >= 0.3 is 0 Å². The molecular formula is C17H23N3O5. The van der Waals surface area contributed by atoms with Crippen molar-refractivity contribution in [2.75, 3.05) is 32.1 Å². The Morgan fingerprint density at radius 3 is 2.60 bits per heavy atom. The zero-order valence-electron chi connectivity index (χ0n) is 14.6. The molecule has 3 N–H and O–H groups in total. The molecule has 0 bridgehead atoms. The molecule has 2 rings (SSSR count). The summed E-state index contributed by atoms with van der Waals surface area (Å²) in [7, 11) is 1.47. The number of carbonyl (C=O) groups excluding carboxylic acids is 3. The van der Waals surface area contributed by atoms with Crippen molar-refractivity contribution in [3.8, 4) is 11.5 Å². The van der Waals surface area contributed by atoms with E-state index in [1.807, 2.05) is 6.92 Å². The highest BCUT2D eigenvalue weighted by molar-refractivity contribution is 5.96. The van der Waals surface area contributed by atoms with Crippen LogP contribution in [-0.2, 0) is 14.4 Å². The third kappa shape index (κ3) is 4.40. The maximum atomic E-state index is 12.6. The SMILES string of the molecule is COc1ccc(NC(=O)C2(C)CCN(C(C)=O)C2)cc1OCC(N)=O. The summed E-state index contributed by atoms with van der Waals surface area (Å²) in [6, 6.07) is 4.88. The first kappa shape index (κ1) is 18.6. The number of ether oxygens (including phenoxy) is 2. The van der Waals surface area contributed by atoms with Gasteiger partial charge in [-0.1, -0.05) is 0 Å². The molecule has 1 fully saturated rings. The molecular weight excluding hydrogens is 326 g/mol. The summed E-state index contributed by atoms with van der Waals surface area (Å²) in [5, 5.41) is 2.83. The maximum absolute atomic E-state index is 12.6. The highest BCUT2D eigenvalue weighted by Gasteiger charge is 2.41. The summed E-state index contributed by atoms with van der Waals surface area (Å²) < 4.78 is 10.5. The molecule has 0 aliphatic carbocycles. The Kier molecular flexibility index (Phi) is 5.51. The Bertz CT molecular complexity index is 691. The maximum Gasteiger partial charge on any atom is 0.255 e. The normalized spacial score (nSPS) is 19.4. The molecule has 1 aliphatic rings. The number of primary amides is 1. The van der Waals surface area contributed by atoms with Gasteiger partial charge in [0, 0.05) is 31.8 Å². The van der Waals surface area contributed by atoms with Crippen LogP contribution in [0.15, 0.2) is 18.2 Å². The van der Waals surface area contributed by atoms with Crippen molar-refractivity contribution in [3.05, 3.63) is 18.2 Å². The molecule has 8 heteroatoms. The molecule has 25 heavy (non-hydrogen) atoms. The Morgan fingerprint density at radius 1 is 1.32 bits per heavy atom. The monoisotopic (exact) mass is 349 g/mol. The number of rotatable bonds is 6. The number of benzene rings is 1. The van der Waals surface area contributed by atoms with Crippen molar-refractivity contribution in [1.29, 1.82) is 0 Å². The van der Waals surface area contributed by atoms with E-state index in [0.717, 1.165) is 0 Å². The summed E-state index contributed by atoms with van der Waals surface area (Å²) in [6.07, 6.45) is 0.597. The van der Waals surface area contributed by atoms with E-state index in [1.165, 1.54) is 14.0 Å². The Labute approximate surface area is 146 Å². The van der Waals surface area contributed by atoms with Gasteiger partial charge in [-0.2, -0.15) is 0 Å². The first-order valence-electron chi connectivity index (χ1n) is 7.91. The van der Waals surface area contributed by atoms with E-state index in [4.69, 9.17) is 15.2 Å². The second-order valence-electron chi connectivity index (χ2n) is 6.33. The molecule has 1 aromatic rings. The first-order valence-corrected chi connectivity index (χ1v) is 7.91. The number of anilines is 1. The van der Waals surface area contributed by atoms with E-state index >= 15 is 0 Å². The van der Waals surface area contributed by atoms with Crippen molar-refractivity contribution >= 4 is 23.4 Å². The highest BCUT2D eigenvalue weighted by Crippen LogP contribution is 2.34. The Balaban J connectivity index is 2.11. The molecule has 3 amide bonds. The summed E-state index contributed by atoms with van der Waals surface area (Å²) in [6.45, 7) is 3.98. The van der Waals surface area contributed by atoms with Gasteiger partial charge in [-0.05, 0) is 25.5 Å². The van der Waals surface area contributed by atoms with Crippen LogP contribution in [0.1, 0.15) is 20.3 Å². The van der Waals surface area contributed by atoms with Gasteiger partial charge in [0.1, 0.15) is 0 Å². The molecule has 1 aliphatic heterocycles. The number of hydrogen-bond acceptors (Lipinski definition) is 5. The highest BCUT2D eigenvalue weighted by atomic mass is 16.5. The number of amides is 3. The third-order valence-electron chi connectivity index (χ3n) is 4.26. The molecule has 1 unspecified atom stereocenters. The lowest BCUT2D eigenvalue weighted by Gasteiger charge is -2.23. The molecule has 0 spiro atoms. The summed E-state index contributed by atoms with van der Waals surface area (Å²) in [4.78, 5) is 36.7. The lowest BCUT2D eigenvalue weighted by atomic mass is 9.88. The van der Waals surface area contributed by atoms with Crippen LogP contribution in [0, 0.1) is 5.41 Å². The van der Waals surface area contributed by atoms with Crippen LogP contribution in [-0.4, -0.2) is 49.4 Å². The van der Waals surface area contributed by atoms with Crippen molar-refractivity contribution in [3.63, 3.8) is 0 Å². The molecule has 1 atom stereocenters. The predicted molar refractivity (Wildman–Crippen MR) is 91.3 cm³/mol. The van der Waals surface area contributed by atoms with Crippen LogP contribution in [0.25, 0.3) is 0 Å². The van der Waals surface area contributed by atoms with Gasteiger partial charge in [-0.15, -0.1) is 0 Å². The quantitative estimate of drug-likeness (QED) is 0.787. The van der Waals surface area contributed by atoms with Crippen molar-refractivity contribution in [2.45, 2.75) is 20.3 Å². The van der Waals surface area contributed by atoms with Gasteiger partial charge in [0.25, 0.3) is 5.91 Å². The minimum atomic E-state index is -0.653. The van der Waals surface area contributed by atoms with E-state index in [0.29, 0.717) is 36.7 Å². The van der Waals surface area contributed by atoms with Crippen LogP contribution < -0.4 is 20.5 Å². The minimum Gasteiger partial charge on any atom is -0.493 e. The molecule has 0 saturated carbocycles. The summed E-state index contributed by atoms with van der Waals surface area (Å²) in [5.74, 6) is -0.0974. The number of nitrogens with zero attached hydrogens (tertiary/aromatic N) is 1.